The lowest BCUT2D eigenvalue weighted by Crippen LogP contribution is -1.91. The summed E-state index contributed by atoms with van der Waals surface area (Å²) in [4.78, 5) is 9.04. The molecule has 0 saturated heterocycles. The van der Waals surface area contributed by atoms with Gasteiger partial charge in [-0.25, -0.2) is 4.98 Å². The molecule has 0 saturated carbocycles. The number of nitrogens with zero attached hydrogens (tertiary/aromatic N) is 2. The molecule has 0 spiro atoms. The number of ether oxygens (including phenoxy) is 1. The van der Waals surface area contributed by atoms with Gasteiger partial charge in [0.05, 0.1) is 9.86 Å². The summed E-state index contributed by atoms with van der Waals surface area (Å²) >= 11 is 16.7. The second-order valence-corrected chi connectivity index (χ2v) is 6.14. The van der Waals surface area contributed by atoms with Crippen LogP contribution in [0, 0.1) is 0 Å². The molecule has 7 heteroatoms. The van der Waals surface area contributed by atoms with Crippen LogP contribution in [0.1, 0.15) is 0 Å². The van der Waals surface area contributed by atoms with Gasteiger partial charge in [0.15, 0.2) is 0 Å². The molecule has 0 bridgehead atoms. The van der Waals surface area contributed by atoms with E-state index in [0.29, 0.717) is 16.7 Å². The Hall–Kier alpha value is -0.880. The van der Waals surface area contributed by atoms with Crippen molar-refractivity contribution < 1.29 is 4.74 Å². The number of halogens is 3. The fraction of sp³-hybridized carbons (Fsp3) is 0. The van der Waals surface area contributed by atoms with Gasteiger partial charge in [-0.05, 0) is 57.2 Å². The molecule has 1 aromatic carbocycles. The van der Waals surface area contributed by atoms with E-state index >= 15 is 0 Å². The number of fused-ring (bicyclic) bond motifs is 1. The molecule has 3 rings (SSSR count). The molecule has 0 unspecified atom stereocenters. The van der Waals surface area contributed by atoms with Crippen LogP contribution >= 0.6 is 50.5 Å². The van der Waals surface area contributed by atoms with Crippen molar-refractivity contribution >= 4 is 60.7 Å². The molecule has 96 valence electrons. The molecule has 0 radical (unpaired) electrons. The highest BCUT2D eigenvalue weighted by Gasteiger charge is 2.11. The Kier molecular flexibility index (Phi) is 3.62. The molecule has 0 amide bonds. The first-order valence-corrected chi connectivity index (χ1v) is 7.60. The van der Waals surface area contributed by atoms with Gasteiger partial charge in [0.2, 0.25) is 11.2 Å². The van der Waals surface area contributed by atoms with E-state index < -0.39 is 0 Å². The van der Waals surface area contributed by atoms with E-state index in [4.69, 9.17) is 27.9 Å². The van der Waals surface area contributed by atoms with E-state index in [0.717, 1.165) is 14.7 Å². The van der Waals surface area contributed by atoms with Gasteiger partial charge in [-0.15, -0.1) is 11.3 Å². The van der Waals surface area contributed by atoms with E-state index in [-0.39, 0.29) is 5.28 Å². The highest BCUT2D eigenvalue weighted by atomic mass is 79.9. The van der Waals surface area contributed by atoms with Gasteiger partial charge in [0.25, 0.3) is 0 Å². The van der Waals surface area contributed by atoms with Crippen LogP contribution in [0.3, 0.4) is 0 Å². The average Bonchev–Trinajstić information content (AvgIpc) is 2.80. The van der Waals surface area contributed by atoms with Gasteiger partial charge >= 0.3 is 0 Å². The second kappa shape index (κ2) is 5.25. The summed E-state index contributed by atoms with van der Waals surface area (Å²) in [6, 6.07) is 7.16. The molecule has 0 atom stereocenters. The summed E-state index contributed by atoms with van der Waals surface area (Å²) < 4.78 is 6.53. The summed E-state index contributed by atoms with van der Waals surface area (Å²) in [5.74, 6) is 1.05. The van der Waals surface area contributed by atoms with Gasteiger partial charge in [-0.3, -0.25) is 0 Å². The van der Waals surface area contributed by atoms with E-state index in [1.165, 1.54) is 11.3 Å². The van der Waals surface area contributed by atoms with E-state index in [2.05, 4.69) is 25.9 Å². The van der Waals surface area contributed by atoms with Crippen molar-refractivity contribution in [3.05, 3.63) is 44.4 Å². The number of hydrogen-bond acceptors (Lipinski definition) is 4. The summed E-state index contributed by atoms with van der Waals surface area (Å²) in [5, 5.41) is 3.53. The molecule has 0 N–H and O–H groups in total. The minimum atomic E-state index is 0.162. The fourth-order valence-corrected chi connectivity index (χ4v) is 3.27. The highest BCUT2D eigenvalue weighted by Crippen LogP contribution is 2.35. The molecular formula is C12H5BrCl2N2OS. The molecule has 0 aliphatic rings. The van der Waals surface area contributed by atoms with Crippen LogP contribution in [0.15, 0.2) is 34.1 Å². The van der Waals surface area contributed by atoms with Crippen LogP contribution < -0.4 is 4.74 Å². The maximum absolute atomic E-state index is 5.89. The number of benzene rings is 1. The largest absolute Gasteiger partial charge is 0.437 e. The number of hydrogen-bond donors (Lipinski definition) is 0. The fourth-order valence-electron chi connectivity index (χ4n) is 1.54. The molecule has 2 heterocycles. The lowest BCUT2D eigenvalue weighted by Gasteiger charge is -2.08. The molecule has 3 nitrogen and oxygen atoms in total. The van der Waals surface area contributed by atoms with Gasteiger partial charge in [0, 0.05) is 5.02 Å². The Bertz CT molecular complexity index is 763. The van der Waals surface area contributed by atoms with Gasteiger partial charge in [-0.2, -0.15) is 4.98 Å². The van der Waals surface area contributed by atoms with Crippen molar-refractivity contribution in [2.24, 2.45) is 0 Å². The van der Waals surface area contributed by atoms with E-state index in [9.17, 15) is 0 Å². The predicted octanol–water partition coefficient (Wildman–Crippen LogP) is 5.55. The quantitative estimate of drug-likeness (QED) is 0.550. The van der Waals surface area contributed by atoms with Crippen molar-refractivity contribution in [1.29, 1.82) is 0 Å². The zero-order valence-electron chi connectivity index (χ0n) is 9.23. The van der Waals surface area contributed by atoms with E-state index in [1.807, 2.05) is 11.4 Å². The number of aromatic nitrogens is 2. The summed E-state index contributed by atoms with van der Waals surface area (Å²) in [6.07, 6.45) is 0. The molecule has 2 aromatic heterocycles. The van der Waals surface area contributed by atoms with Crippen molar-refractivity contribution in [2.75, 3.05) is 0 Å². The van der Waals surface area contributed by atoms with Crippen LogP contribution in [0.4, 0.5) is 0 Å². The third kappa shape index (κ3) is 2.69. The van der Waals surface area contributed by atoms with E-state index in [1.54, 1.807) is 18.2 Å². The summed E-state index contributed by atoms with van der Waals surface area (Å²) in [7, 11) is 0. The predicted molar refractivity (Wildman–Crippen MR) is 81.7 cm³/mol. The van der Waals surface area contributed by atoms with Crippen molar-refractivity contribution in [1.82, 2.24) is 9.97 Å². The first-order chi connectivity index (χ1) is 9.13. The maximum Gasteiger partial charge on any atom is 0.232 e. The van der Waals surface area contributed by atoms with Crippen LogP contribution in [0.25, 0.3) is 10.2 Å². The van der Waals surface area contributed by atoms with Crippen molar-refractivity contribution in [3.63, 3.8) is 0 Å². The first kappa shape index (κ1) is 13.1. The van der Waals surface area contributed by atoms with Crippen molar-refractivity contribution in [3.8, 4) is 11.6 Å². The van der Waals surface area contributed by atoms with Gasteiger partial charge in [0.1, 0.15) is 10.6 Å². The Morgan fingerprint density at radius 3 is 2.79 bits per heavy atom. The minimum Gasteiger partial charge on any atom is -0.437 e. The summed E-state index contributed by atoms with van der Waals surface area (Å²) in [6.45, 7) is 0. The molecule has 19 heavy (non-hydrogen) atoms. The van der Waals surface area contributed by atoms with Crippen LogP contribution in [-0.4, -0.2) is 9.97 Å². The Morgan fingerprint density at radius 1 is 1.16 bits per heavy atom. The molecule has 0 aliphatic heterocycles. The number of rotatable bonds is 2. The minimum absolute atomic E-state index is 0.162. The third-order valence-corrected chi connectivity index (χ3v) is 4.19. The SMILES string of the molecule is Clc1ccc(Oc2nc(Cl)nc3sccc23)c(Br)c1. The van der Waals surface area contributed by atoms with Crippen LogP contribution in [0.2, 0.25) is 10.3 Å². The standard InChI is InChI=1S/C12H5BrCl2N2OS/c13-8-5-6(14)1-2-9(8)18-10-7-3-4-19-11(7)17-12(15)16-10/h1-5H. The first-order valence-electron chi connectivity index (χ1n) is 5.17. The molecule has 0 aliphatic carbocycles. The van der Waals surface area contributed by atoms with Crippen molar-refractivity contribution in [2.45, 2.75) is 0 Å². The normalized spacial score (nSPS) is 10.9. The zero-order chi connectivity index (χ0) is 13.4. The highest BCUT2D eigenvalue weighted by molar-refractivity contribution is 9.10. The average molecular weight is 376 g/mol. The van der Waals surface area contributed by atoms with Gasteiger partial charge in [-0.1, -0.05) is 11.6 Å². The van der Waals surface area contributed by atoms with Crippen LogP contribution in [-0.2, 0) is 0 Å². The Balaban J connectivity index is 2.07. The Labute approximate surface area is 131 Å². The van der Waals surface area contributed by atoms with Crippen LogP contribution in [0.5, 0.6) is 11.6 Å². The maximum atomic E-state index is 5.89. The molecule has 0 fully saturated rings. The lowest BCUT2D eigenvalue weighted by molar-refractivity contribution is 0.465. The smallest absolute Gasteiger partial charge is 0.232 e. The number of thiophene rings is 1. The third-order valence-electron chi connectivity index (χ3n) is 2.36. The topological polar surface area (TPSA) is 35.0 Å². The lowest BCUT2D eigenvalue weighted by atomic mass is 10.3. The van der Waals surface area contributed by atoms with Gasteiger partial charge < -0.3 is 4.74 Å². The monoisotopic (exact) mass is 374 g/mol. The zero-order valence-corrected chi connectivity index (χ0v) is 13.1. The molecular weight excluding hydrogens is 371 g/mol. The summed E-state index contributed by atoms with van der Waals surface area (Å²) in [5.41, 5.74) is 0. The second-order valence-electron chi connectivity index (χ2n) is 3.61. The molecule has 3 aromatic rings. The Morgan fingerprint density at radius 2 is 2.00 bits per heavy atom.